The van der Waals surface area contributed by atoms with Gasteiger partial charge in [0.1, 0.15) is 6.61 Å². The van der Waals surface area contributed by atoms with E-state index < -0.39 is 5.41 Å². The molecule has 0 amide bonds. The average Bonchev–Trinajstić information content (AvgIpc) is 2.87. The minimum Gasteiger partial charge on any atom is -0.493 e. The monoisotopic (exact) mass is 555 g/mol. The van der Waals surface area contributed by atoms with Gasteiger partial charge in [-0.15, -0.1) is 0 Å². The molecule has 0 saturated heterocycles. The average molecular weight is 556 g/mol. The first kappa shape index (κ1) is 31.7. The molecule has 0 spiro atoms. The Morgan fingerprint density at radius 2 is 1.72 bits per heavy atom. The molecule has 0 aromatic heterocycles. The Balaban J connectivity index is 2.04. The van der Waals surface area contributed by atoms with Crippen LogP contribution in [0.4, 0.5) is 0 Å². The van der Waals surface area contributed by atoms with E-state index in [1.54, 1.807) is 13.2 Å². The summed E-state index contributed by atoms with van der Waals surface area (Å²) in [6, 6.07) is 13.9. The van der Waals surface area contributed by atoms with Gasteiger partial charge in [0.25, 0.3) is 0 Å². The Hall–Kier alpha value is -3.49. The molecule has 2 rings (SSSR count). The van der Waals surface area contributed by atoms with Crippen LogP contribution >= 0.6 is 12.2 Å². The highest BCUT2D eigenvalue weighted by atomic mass is 32.1. The second kappa shape index (κ2) is 14.6. The maximum Gasteiger partial charge on any atom is 0.311 e. The Bertz CT molecular complexity index is 1150. The SMILES string of the molecule is COc1cc(CNC(=S)NC(COC(=O)C(C)(C)C)Cc2ccc(C(C)(C)C)cc2)ccc1OCCN=[N+]=[N-]. The van der Waals surface area contributed by atoms with Gasteiger partial charge in [-0.3, -0.25) is 4.79 Å². The predicted octanol–water partition coefficient (Wildman–Crippen LogP) is 5.85. The molecule has 0 aliphatic rings. The number of rotatable bonds is 12. The zero-order valence-corrected chi connectivity index (χ0v) is 24.9. The summed E-state index contributed by atoms with van der Waals surface area (Å²) in [5.41, 5.74) is 11.2. The van der Waals surface area contributed by atoms with Crippen LogP contribution in [-0.2, 0) is 27.9 Å². The van der Waals surface area contributed by atoms with Crippen molar-refractivity contribution in [2.24, 2.45) is 10.5 Å². The van der Waals surface area contributed by atoms with Gasteiger partial charge in [0.05, 0.1) is 31.7 Å². The fourth-order valence-electron chi connectivity index (χ4n) is 3.57. The Morgan fingerprint density at radius 1 is 1.05 bits per heavy atom. The molecule has 0 fully saturated rings. The molecule has 2 aromatic rings. The van der Waals surface area contributed by atoms with E-state index in [9.17, 15) is 4.79 Å². The summed E-state index contributed by atoms with van der Waals surface area (Å²) in [5.74, 6) is 0.873. The number of nitrogens with zero attached hydrogens (tertiary/aromatic N) is 3. The molecule has 10 heteroatoms. The first-order valence-corrected chi connectivity index (χ1v) is 13.4. The number of hydrogen-bond donors (Lipinski definition) is 2. The molecule has 39 heavy (non-hydrogen) atoms. The van der Waals surface area contributed by atoms with Crippen LogP contribution in [-0.4, -0.2) is 44.0 Å². The van der Waals surface area contributed by atoms with E-state index in [1.165, 1.54) is 5.56 Å². The zero-order chi connectivity index (χ0) is 29.1. The van der Waals surface area contributed by atoms with E-state index in [0.29, 0.717) is 29.6 Å². The lowest BCUT2D eigenvalue weighted by atomic mass is 9.86. The maximum atomic E-state index is 12.4. The van der Waals surface area contributed by atoms with Crippen LogP contribution in [0, 0.1) is 5.41 Å². The highest BCUT2D eigenvalue weighted by molar-refractivity contribution is 7.80. The number of methoxy groups -OCH3 is 1. The van der Waals surface area contributed by atoms with Crippen LogP contribution in [0.25, 0.3) is 10.4 Å². The van der Waals surface area contributed by atoms with Crippen LogP contribution in [0.15, 0.2) is 47.6 Å². The lowest BCUT2D eigenvalue weighted by Crippen LogP contribution is -2.45. The highest BCUT2D eigenvalue weighted by Gasteiger charge is 2.25. The number of thiocarbonyl (C=S) groups is 1. The van der Waals surface area contributed by atoms with E-state index in [1.807, 2.05) is 32.9 Å². The molecule has 0 aliphatic carbocycles. The normalized spacial score (nSPS) is 12.1. The topological polar surface area (TPSA) is 118 Å². The fourth-order valence-corrected chi connectivity index (χ4v) is 3.81. The molecule has 1 unspecified atom stereocenters. The van der Waals surface area contributed by atoms with E-state index in [2.05, 4.69) is 65.7 Å². The summed E-state index contributed by atoms with van der Waals surface area (Å²) >= 11 is 5.58. The minimum atomic E-state index is -0.588. The van der Waals surface area contributed by atoms with Crippen molar-refractivity contribution >= 4 is 23.3 Å². The van der Waals surface area contributed by atoms with Gasteiger partial charge in [0, 0.05) is 11.5 Å². The molecular weight excluding hydrogens is 514 g/mol. The highest BCUT2D eigenvalue weighted by Crippen LogP contribution is 2.28. The Labute approximate surface area is 237 Å². The molecule has 0 heterocycles. The molecular formula is C29H41N5O4S. The summed E-state index contributed by atoms with van der Waals surface area (Å²) in [5, 5.41) is 10.4. The third-order valence-corrected chi connectivity index (χ3v) is 6.12. The molecule has 2 aromatic carbocycles. The van der Waals surface area contributed by atoms with Crippen molar-refractivity contribution in [2.45, 2.75) is 66.0 Å². The molecule has 9 nitrogen and oxygen atoms in total. The number of benzene rings is 2. The lowest BCUT2D eigenvalue weighted by molar-refractivity contribution is -0.153. The molecule has 1 atom stereocenters. The van der Waals surface area contributed by atoms with Gasteiger partial charge in [-0.2, -0.15) is 0 Å². The van der Waals surface area contributed by atoms with Crippen molar-refractivity contribution in [3.63, 3.8) is 0 Å². The van der Waals surface area contributed by atoms with Crippen molar-refractivity contribution in [1.29, 1.82) is 0 Å². The van der Waals surface area contributed by atoms with Gasteiger partial charge in [-0.1, -0.05) is 56.2 Å². The Kier molecular flexibility index (Phi) is 11.9. The van der Waals surface area contributed by atoms with Crippen LogP contribution in [0.3, 0.4) is 0 Å². The maximum absolute atomic E-state index is 12.4. The van der Waals surface area contributed by atoms with Crippen molar-refractivity contribution in [2.75, 3.05) is 26.9 Å². The summed E-state index contributed by atoms with van der Waals surface area (Å²) in [6.07, 6.45) is 0.638. The molecule has 0 aliphatic heterocycles. The van der Waals surface area contributed by atoms with Crippen LogP contribution < -0.4 is 20.1 Å². The number of carbonyl (C=O) groups is 1. The summed E-state index contributed by atoms with van der Waals surface area (Å²) in [6.45, 7) is 13.2. The van der Waals surface area contributed by atoms with Gasteiger partial charge in [0.2, 0.25) is 0 Å². The van der Waals surface area contributed by atoms with Crippen molar-refractivity contribution < 1.29 is 19.0 Å². The standard InChI is InChI=1S/C29H41N5O4S/c1-28(2,3)22-11-8-20(9-12-22)16-23(19-38-26(35)29(4,5)6)33-27(39)31-18-21-10-13-24(25(17-21)36-7)37-15-14-32-34-30/h8-13,17,23H,14-16,18-19H2,1-7H3,(H2,31,33,39). The quantitative estimate of drug-likeness (QED) is 0.0843. The zero-order valence-electron chi connectivity index (χ0n) is 24.0. The summed E-state index contributed by atoms with van der Waals surface area (Å²) < 4.78 is 16.7. The van der Waals surface area contributed by atoms with Crippen LogP contribution in [0.5, 0.6) is 11.5 Å². The third-order valence-electron chi connectivity index (χ3n) is 5.86. The second-order valence-corrected chi connectivity index (χ2v) is 11.7. The predicted molar refractivity (Wildman–Crippen MR) is 158 cm³/mol. The van der Waals surface area contributed by atoms with Crippen molar-refractivity contribution in [3.8, 4) is 11.5 Å². The number of carbonyl (C=O) groups excluding carboxylic acids is 1. The molecule has 0 bridgehead atoms. The van der Waals surface area contributed by atoms with E-state index in [4.69, 9.17) is 32.0 Å². The smallest absolute Gasteiger partial charge is 0.311 e. The van der Waals surface area contributed by atoms with Crippen LogP contribution in [0.1, 0.15) is 58.2 Å². The van der Waals surface area contributed by atoms with Crippen LogP contribution in [0.2, 0.25) is 0 Å². The second-order valence-electron chi connectivity index (χ2n) is 11.3. The number of nitrogens with one attached hydrogen (secondary N) is 2. The molecule has 0 saturated carbocycles. The fraction of sp³-hybridized carbons (Fsp3) is 0.517. The number of hydrogen-bond acceptors (Lipinski definition) is 6. The first-order valence-electron chi connectivity index (χ1n) is 12.9. The molecule has 0 radical (unpaired) electrons. The van der Waals surface area contributed by atoms with E-state index >= 15 is 0 Å². The number of ether oxygens (including phenoxy) is 3. The van der Waals surface area contributed by atoms with Gasteiger partial charge in [-0.25, -0.2) is 0 Å². The molecule has 2 N–H and O–H groups in total. The van der Waals surface area contributed by atoms with E-state index in [-0.39, 0.29) is 37.2 Å². The van der Waals surface area contributed by atoms with Gasteiger partial charge < -0.3 is 24.8 Å². The van der Waals surface area contributed by atoms with Gasteiger partial charge in [-0.05, 0) is 79.2 Å². The number of esters is 1. The van der Waals surface area contributed by atoms with Crippen molar-refractivity contribution in [1.82, 2.24) is 10.6 Å². The van der Waals surface area contributed by atoms with Gasteiger partial charge in [0.15, 0.2) is 16.6 Å². The Morgan fingerprint density at radius 3 is 2.31 bits per heavy atom. The largest absolute Gasteiger partial charge is 0.493 e. The summed E-state index contributed by atoms with van der Waals surface area (Å²) in [4.78, 5) is 15.1. The van der Waals surface area contributed by atoms with E-state index in [0.717, 1.165) is 11.1 Å². The molecule has 212 valence electrons. The lowest BCUT2D eigenvalue weighted by Gasteiger charge is -2.24. The third kappa shape index (κ3) is 11.0. The first-order chi connectivity index (χ1) is 18.3. The number of azide groups is 1. The van der Waals surface area contributed by atoms with Crippen molar-refractivity contribution in [3.05, 3.63) is 69.6 Å². The van der Waals surface area contributed by atoms with Gasteiger partial charge >= 0.3 is 5.97 Å². The minimum absolute atomic E-state index is 0.0723. The summed E-state index contributed by atoms with van der Waals surface area (Å²) in [7, 11) is 1.57.